The van der Waals surface area contributed by atoms with Gasteiger partial charge in [0.25, 0.3) is 0 Å². The molecule has 1 aliphatic carbocycles. The summed E-state index contributed by atoms with van der Waals surface area (Å²) in [4.78, 5) is 18.7. The van der Waals surface area contributed by atoms with Crippen molar-refractivity contribution in [2.24, 2.45) is 5.92 Å². The fourth-order valence-electron chi connectivity index (χ4n) is 4.64. The lowest BCUT2D eigenvalue weighted by atomic mass is 9.76. The highest BCUT2D eigenvalue weighted by Crippen LogP contribution is 2.43. The minimum atomic E-state index is -0.208. The summed E-state index contributed by atoms with van der Waals surface area (Å²) >= 11 is 6.29. The first-order chi connectivity index (χ1) is 13.6. The number of likely N-dealkylation sites (tertiary alicyclic amines) is 1. The smallest absolute Gasteiger partial charge is 0.409 e. The molecule has 1 fully saturated rings. The third-order valence-electron chi connectivity index (χ3n) is 5.96. The van der Waals surface area contributed by atoms with E-state index < -0.39 is 0 Å². The fraction of sp³-hybridized carbons (Fsp3) is 0.455. The van der Waals surface area contributed by atoms with Gasteiger partial charge in [0.15, 0.2) is 0 Å². The molecule has 6 heteroatoms. The van der Waals surface area contributed by atoms with E-state index >= 15 is 0 Å². The molecule has 0 bridgehead atoms. The highest BCUT2D eigenvalue weighted by Gasteiger charge is 2.35. The highest BCUT2D eigenvalue weighted by atomic mass is 35.5. The Morgan fingerprint density at radius 3 is 2.75 bits per heavy atom. The summed E-state index contributed by atoms with van der Waals surface area (Å²) in [6.45, 7) is 3.68. The number of aromatic nitrogens is 1. The first kappa shape index (κ1) is 19.1. The number of amides is 1. The number of carbonyl (C=O) groups is 1. The number of hydrogen-bond donors (Lipinski definition) is 1. The zero-order chi connectivity index (χ0) is 19.7. The Kier molecular flexibility index (Phi) is 5.44. The van der Waals surface area contributed by atoms with Crippen LogP contribution in [0.4, 0.5) is 10.5 Å². The van der Waals surface area contributed by atoms with Crippen LogP contribution in [0.5, 0.6) is 0 Å². The minimum absolute atomic E-state index is 0.203. The van der Waals surface area contributed by atoms with E-state index in [1.54, 1.807) is 6.20 Å². The summed E-state index contributed by atoms with van der Waals surface area (Å²) in [5.41, 5.74) is 11.7. The van der Waals surface area contributed by atoms with E-state index in [1.165, 1.54) is 16.7 Å². The molecule has 5 nitrogen and oxygen atoms in total. The van der Waals surface area contributed by atoms with Crippen molar-refractivity contribution in [3.05, 3.63) is 57.9 Å². The number of aryl methyl sites for hydroxylation is 2. The number of piperidine rings is 1. The molecule has 148 valence electrons. The van der Waals surface area contributed by atoms with Gasteiger partial charge < -0.3 is 15.4 Å². The Balaban J connectivity index is 1.67. The normalized spacial score (nSPS) is 19.5. The molecular weight excluding hydrogens is 374 g/mol. The highest BCUT2D eigenvalue weighted by molar-refractivity contribution is 6.30. The number of halogens is 1. The lowest BCUT2D eigenvalue weighted by Crippen LogP contribution is -2.40. The summed E-state index contributed by atoms with van der Waals surface area (Å²) < 4.78 is 5.17. The maximum atomic E-state index is 12.1. The molecule has 28 heavy (non-hydrogen) atoms. The number of rotatable bonds is 2. The summed E-state index contributed by atoms with van der Waals surface area (Å²) in [5.74, 6) is 0.619. The summed E-state index contributed by atoms with van der Waals surface area (Å²) in [6, 6.07) is 8.29. The van der Waals surface area contributed by atoms with Gasteiger partial charge in [-0.15, -0.1) is 0 Å². The second-order valence-electron chi connectivity index (χ2n) is 7.66. The Morgan fingerprint density at radius 2 is 2.00 bits per heavy atom. The molecule has 2 aromatic rings. The molecule has 0 spiro atoms. The maximum Gasteiger partial charge on any atom is 0.409 e. The van der Waals surface area contributed by atoms with E-state index in [4.69, 9.17) is 27.1 Å². The number of nitrogen functional groups attached to an aromatic ring is 1. The van der Waals surface area contributed by atoms with Gasteiger partial charge in [0.2, 0.25) is 0 Å². The van der Waals surface area contributed by atoms with E-state index in [0.29, 0.717) is 31.3 Å². The van der Waals surface area contributed by atoms with Gasteiger partial charge in [-0.1, -0.05) is 17.7 Å². The number of nitrogens with two attached hydrogens (primary N) is 1. The molecule has 2 N–H and O–H groups in total. The van der Waals surface area contributed by atoms with Crippen LogP contribution >= 0.6 is 11.6 Å². The number of carbonyl (C=O) groups excluding carboxylic acids is 1. The molecule has 2 heterocycles. The van der Waals surface area contributed by atoms with Crippen molar-refractivity contribution in [3.63, 3.8) is 0 Å². The van der Waals surface area contributed by atoms with Gasteiger partial charge >= 0.3 is 6.09 Å². The number of pyridine rings is 1. The van der Waals surface area contributed by atoms with Crippen molar-refractivity contribution in [3.8, 4) is 0 Å². The number of anilines is 1. The van der Waals surface area contributed by atoms with Crippen molar-refractivity contribution < 1.29 is 9.53 Å². The van der Waals surface area contributed by atoms with Crippen molar-refractivity contribution in [1.29, 1.82) is 0 Å². The number of nitrogens with zero attached hydrogens (tertiary/aromatic N) is 2. The number of ether oxygens (including phenoxy) is 1. The number of hydrogen-bond acceptors (Lipinski definition) is 4. The van der Waals surface area contributed by atoms with Gasteiger partial charge in [-0.25, -0.2) is 4.79 Å². The molecule has 2 aliphatic rings. The predicted octanol–water partition coefficient (Wildman–Crippen LogP) is 4.42. The van der Waals surface area contributed by atoms with Gasteiger partial charge in [-0.2, -0.15) is 0 Å². The van der Waals surface area contributed by atoms with Crippen molar-refractivity contribution in [2.45, 2.75) is 38.5 Å². The predicted molar refractivity (Wildman–Crippen MR) is 111 cm³/mol. The second-order valence-corrected chi connectivity index (χ2v) is 8.09. The zero-order valence-corrected chi connectivity index (χ0v) is 16.9. The first-order valence-electron chi connectivity index (χ1n) is 10.0. The quantitative estimate of drug-likeness (QED) is 0.811. The van der Waals surface area contributed by atoms with E-state index in [-0.39, 0.29) is 12.0 Å². The van der Waals surface area contributed by atoms with Crippen molar-refractivity contribution in [1.82, 2.24) is 9.88 Å². The lowest BCUT2D eigenvalue weighted by molar-refractivity contribution is 0.0900. The SMILES string of the molecule is CCOC(=O)N1CCC(C2c3ccc(Cl)cc3CCc3cc(N)cnc32)CC1. The third kappa shape index (κ3) is 3.68. The Morgan fingerprint density at radius 1 is 1.25 bits per heavy atom. The lowest BCUT2D eigenvalue weighted by Gasteiger charge is -2.36. The van der Waals surface area contributed by atoms with Crippen LogP contribution in [0.15, 0.2) is 30.5 Å². The zero-order valence-electron chi connectivity index (χ0n) is 16.2. The largest absolute Gasteiger partial charge is 0.450 e. The van der Waals surface area contributed by atoms with Crippen molar-refractivity contribution >= 4 is 23.4 Å². The van der Waals surface area contributed by atoms with E-state index in [2.05, 4.69) is 18.2 Å². The van der Waals surface area contributed by atoms with Gasteiger partial charge in [-0.05, 0) is 73.4 Å². The van der Waals surface area contributed by atoms with Crippen LogP contribution < -0.4 is 5.73 Å². The Hall–Kier alpha value is -2.27. The molecule has 1 saturated heterocycles. The molecule has 1 unspecified atom stereocenters. The minimum Gasteiger partial charge on any atom is -0.450 e. The number of fused-ring (bicyclic) bond motifs is 2. The molecular formula is C22H26ClN3O2. The van der Waals surface area contributed by atoms with Crippen molar-refractivity contribution in [2.75, 3.05) is 25.4 Å². The Bertz CT molecular complexity index is 825. The molecule has 1 aromatic carbocycles. The second kappa shape index (κ2) is 8.00. The summed E-state index contributed by atoms with van der Waals surface area (Å²) in [5, 5.41) is 0.771. The van der Waals surface area contributed by atoms with E-state index in [9.17, 15) is 4.79 Å². The topological polar surface area (TPSA) is 68.5 Å². The third-order valence-corrected chi connectivity index (χ3v) is 6.19. The molecule has 4 rings (SSSR count). The maximum absolute atomic E-state index is 12.1. The standard InChI is InChI=1S/C22H26ClN3O2/c1-2-28-22(27)26-9-7-14(8-10-26)20-19-6-5-17(23)11-15(19)3-4-16-12-18(24)13-25-21(16)20/h5-6,11-14,20H,2-4,7-10,24H2,1H3. The Labute approximate surface area is 170 Å². The van der Waals surface area contributed by atoms with Gasteiger partial charge in [0, 0.05) is 24.0 Å². The molecule has 1 aliphatic heterocycles. The van der Waals surface area contributed by atoms with Gasteiger partial charge in [0.1, 0.15) is 0 Å². The van der Waals surface area contributed by atoms with Crippen LogP contribution in [0, 0.1) is 5.92 Å². The average molecular weight is 400 g/mol. The summed E-state index contributed by atoms with van der Waals surface area (Å²) in [6.07, 6.45) is 5.26. The van der Waals surface area contributed by atoms with Crippen LogP contribution in [0.3, 0.4) is 0 Å². The van der Waals surface area contributed by atoms with Crippen LogP contribution in [0.1, 0.15) is 48.1 Å². The monoisotopic (exact) mass is 399 g/mol. The summed E-state index contributed by atoms with van der Waals surface area (Å²) in [7, 11) is 0. The van der Waals surface area contributed by atoms with Crippen LogP contribution in [0.2, 0.25) is 5.02 Å². The van der Waals surface area contributed by atoms with Crippen LogP contribution in [0.25, 0.3) is 0 Å². The van der Waals surface area contributed by atoms with Crippen LogP contribution in [-0.4, -0.2) is 35.7 Å². The molecule has 1 atom stereocenters. The molecule has 0 saturated carbocycles. The van der Waals surface area contributed by atoms with Gasteiger partial charge in [0.05, 0.1) is 24.2 Å². The fourth-order valence-corrected chi connectivity index (χ4v) is 4.83. The molecule has 0 radical (unpaired) electrons. The number of benzene rings is 1. The molecule has 1 aromatic heterocycles. The van der Waals surface area contributed by atoms with E-state index in [0.717, 1.165) is 36.4 Å². The van der Waals surface area contributed by atoms with E-state index in [1.807, 2.05) is 17.9 Å². The first-order valence-corrected chi connectivity index (χ1v) is 10.4. The average Bonchev–Trinajstić information content (AvgIpc) is 2.84. The van der Waals surface area contributed by atoms with Crippen LogP contribution in [-0.2, 0) is 17.6 Å². The molecule has 1 amide bonds. The van der Waals surface area contributed by atoms with Gasteiger partial charge in [-0.3, -0.25) is 4.98 Å².